The summed E-state index contributed by atoms with van der Waals surface area (Å²) < 4.78 is 1.17. The average molecular weight is 438 g/mol. The number of para-hydroxylation sites is 1. The van der Waals surface area contributed by atoms with Crippen molar-refractivity contribution in [2.45, 2.75) is 13.0 Å². The molecule has 0 spiro atoms. The maximum atomic E-state index is 12.6. The predicted octanol–water partition coefficient (Wildman–Crippen LogP) is 5.73. The molecule has 5 rings (SSSR count). The molecule has 4 nitrogen and oxygen atoms in total. The Balaban J connectivity index is 1.53. The van der Waals surface area contributed by atoms with Gasteiger partial charge in [0.05, 0.1) is 10.2 Å². The van der Waals surface area contributed by atoms with E-state index >= 15 is 0 Å². The Morgan fingerprint density at radius 3 is 2.93 bits per heavy atom. The molecule has 4 aromatic rings. The van der Waals surface area contributed by atoms with Gasteiger partial charge in [-0.15, -0.1) is 34.0 Å². The Hall–Kier alpha value is -2.32. The fourth-order valence-electron chi connectivity index (χ4n) is 3.52. The molecule has 1 amide bonds. The Bertz CT molecular complexity index is 1170. The van der Waals surface area contributed by atoms with Crippen molar-refractivity contribution >= 4 is 61.2 Å². The maximum Gasteiger partial charge on any atom is 0.249 e. The number of likely N-dealkylation sites (N-methyl/N-ethyl adjacent to an activating group) is 1. The number of rotatable bonds is 4. The number of fused-ring (bicyclic) bond motifs is 2. The fourth-order valence-corrected chi connectivity index (χ4v) is 6.58. The van der Waals surface area contributed by atoms with E-state index < -0.39 is 0 Å². The minimum absolute atomic E-state index is 0.104. The van der Waals surface area contributed by atoms with Crippen LogP contribution in [0.15, 0.2) is 47.9 Å². The Labute approximate surface area is 181 Å². The number of carbonyl (C=O) groups excluding carboxylic acids is 1. The van der Waals surface area contributed by atoms with Crippen molar-refractivity contribution in [3.8, 4) is 10.6 Å². The summed E-state index contributed by atoms with van der Waals surface area (Å²) in [4.78, 5) is 22.2. The molecule has 3 aromatic heterocycles. The van der Waals surface area contributed by atoms with E-state index in [1.165, 1.54) is 15.1 Å². The minimum Gasteiger partial charge on any atom is -0.313 e. The summed E-state index contributed by atoms with van der Waals surface area (Å²) in [5.41, 5.74) is 3.46. The zero-order valence-corrected chi connectivity index (χ0v) is 18.3. The highest BCUT2D eigenvalue weighted by Gasteiger charge is 2.26. The van der Waals surface area contributed by atoms with Gasteiger partial charge in [0.15, 0.2) is 0 Å². The molecule has 146 valence electrons. The van der Waals surface area contributed by atoms with E-state index in [9.17, 15) is 4.79 Å². The van der Waals surface area contributed by atoms with Crippen LogP contribution in [0.4, 0.5) is 5.00 Å². The van der Waals surface area contributed by atoms with Gasteiger partial charge in [-0.05, 0) is 48.7 Å². The summed E-state index contributed by atoms with van der Waals surface area (Å²) in [5.74, 6) is -0.104. The molecule has 0 bridgehead atoms. The molecule has 29 heavy (non-hydrogen) atoms. The standard InChI is InChI=1S/C22H19N3OS3/c1-25-11-10-15-18(13-25)29-22(24-19(26)9-8-14-5-4-12-27-14)20(15)21-23-16-6-2-3-7-17(16)28-21/h2-9,12H,10-11,13H2,1H3,(H,24,26)/b9-8+. The van der Waals surface area contributed by atoms with E-state index in [1.54, 1.807) is 40.1 Å². The largest absolute Gasteiger partial charge is 0.313 e. The van der Waals surface area contributed by atoms with Gasteiger partial charge in [-0.3, -0.25) is 4.79 Å². The molecule has 0 atom stereocenters. The number of carbonyl (C=O) groups is 1. The lowest BCUT2D eigenvalue weighted by molar-refractivity contribution is -0.111. The molecule has 1 aliphatic heterocycles. The molecule has 1 aliphatic rings. The van der Waals surface area contributed by atoms with Crippen LogP contribution in [0.1, 0.15) is 15.3 Å². The van der Waals surface area contributed by atoms with Crippen LogP contribution < -0.4 is 5.32 Å². The van der Waals surface area contributed by atoms with E-state index in [2.05, 4.69) is 23.3 Å². The SMILES string of the molecule is CN1CCc2c(sc(NC(=O)/C=C/c3cccs3)c2-c2nc3ccccc3s2)C1. The van der Waals surface area contributed by atoms with Crippen molar-refractivity contribution in [2.24, 2.45) is 0 Å². The van der Waals surface area contributed by atoms with Crippen molar-refractivity contribution in [1.29, 1.82) is 0 Å². The van der Waals surface area contributed by atoms with Gasteiger partial charge in [-0.1, -0.05) is 18.2 Å². The highest BCUT2D eigenvalue weighted by molar-refractivity contribution is 7.23. The number of anilines is 1. The lowest BCUT2D eigenvalue weighted by Crippen LogP contribution is -2.25. The first kappa shape index (κ1) is 18.7. The van der Waals surface area contributed by atoms with Crippen molar-refractivity contribution in [3.05, 3.63) is 63.2 Å². The molecular weight excluding hydrogens is 418 g/mol. The van der Waals surface area contributed by atoms with Crippen molar-refractivity contribution in [2.75, 3.05) is 18.9 Å². The van der Waals surface area contributed by atoms with Gasteiger partial charge in [0.25, 0.3) is 0 Å². The number of thiophene rings is 2. The number of nitrogens with zero attached hydrogens (tertiary/aromatic N) is 2. The van der Waals surface area contributed by atoms with Crippen molar-refractivity contribution in [1.82, 2.24) is 9.88 Å². The zero-order chi connectivity index (χ0) is 19.8. The number of hydrogen-bond acceptors (Lipinski definition) is 6. The number of benzene rings is 1. The van der Waals surface area contributed by atoms with Gasteiger partial charge < -0.3 is 10.2 Å². The van der Waals surface area contributed by atoms with Crippen molar-refractivity contribution < 1.29 is 4.79 Å². The number of aromatic nitrogens is 1. The molecule has 0 saturated carbocycles. The highest BCUT2D eigenvalue weighted by Crippen LogP contribution is 2.45. The molecule has 0 saturated heterocycles. The third-order valence-corrected chi connectivity index (χ3v) is 7.96. The highest BCUT2D eigenvalue weighted by atomic mass is 32.1. The number of thiazole rings is 1. The van der Waals surface area contributed by atoms with Crippen LogP contribution in [0.3, 0.4) is 0 Å². The normalized spacial score (nSPS) is 14.5. The van der Waals surface area contributed by atoms with E-state index in [-0.39, 0.29) is 5.91 Å². The van der Waals surface area contributed by atoms with E-state index in [0.29, 0.717) is 0 Å². The molecule has 7 heteroatoms. The second-order valence-electron chi connectivity index (χ2n) is 7.02. The lowest BCUT2D eigenvalue weighted by atomic mass is 10.0. The minimum atomic E-state index is -0.104. The molecule has 0 unspecified atom stereocenters. The van der Waals surface area contributed by atoms with Crippen molar-refractivity contribution in [3.63, 3.8) is 0 Å². The van der Waals surface area contributed by atoms with Gasteiger partial charge in [0, 0.05) is 34.5 Å². The van der Waals surface area contributed by atoms with E-state index in [1.807, 2.05) is 41.8 Å². The second-order valence-corrected chi connectivity index (χ2v) is 10.1. The third-order valence-electron chi connectivity index (χ3n) is 4.93. The molecule has 0 radical (unpaired) electrons. The quantitative estimate of drug-likeness (QED) is 0.415. The molecule has 1 aromatic carbocycles. The molecule has 0 fully saturated rings. The zero-order valence-electron chi connectivity index (χ0n) is 15.8. The summed E-state index contributed by atoms with van der Waals surface area (Å²) in [7, 11) is 2.14. The van der Waals surface area contributed by atoms with E-state index in [0.717, 1.165) is 45.5 Å². The molecule has 4 heterocycles. The van der Waals surface area contributed by atoms with Gasteiger partial charge in [0.2, 0.25) is 5.91 Å². The molecule has 1 N–H and O–H groups in total. The number of hydrogen-bond donors (Lipinski definition) is 1. The van der Waals surface area contributed by atoms with Crippen LogP contribution in [-0.2, 0) is 17.8 Å². The van der Waals surface area contributed by atoms with E-state index in [4.69, 9.17) is 4.98 Å². The first-order valence-corrected chi connectivity index (χ1v) is 11.9. The van der Waals surface area contributed by atoms with Gasteiger partial charge >= 0.3 is 0 Å². The molecular formula is C22H19N3OS3. The summed E-state index contributed by atoms with van der Waals surface area (Å²) in [5, 5.41) is 7.04. The predicted molar refractivity (Wildman–Crippen MR) is 125 cm³/mol. The summed E-state index contributed by atoms with van der Waals surface area (Å²) in [6.07, 6.45) is 4.45. The Morgan fingerprint density at radius 2 is 2.10 bits per heavy atom. The maximum absolute atomic E-state index is 12.6. The average Bonchev–Trinajstić information content (AvgIpc) is 3.43. The Morgan fingerprint density at radius 1 is 1.21 bits per heavy atom. The van der Waals surface area contributed by atoms with Gasteiger partial charge in [0.1, 0.15) is 10.0 Å². The second kappa shape index (κ2) is 7.84. The smallest absolute Gasteiger partial charge is 0.249 e. The Kier molecular flexibility index (Phi) is 5.05. The van der Waals surface area contributed by atoms with Crippen LogP contribution in [0.5, 0.6) is 0 Å². The monoisotopic (exact) mass is 437 g/mol. The van der Waals surface area contributed by atoms with Crippen LogP contribution in [-0.4, -0.2) is 29.4 Å². The summed E-state index contributed by atoms with van der Waals surface area (Å²) in [6, 6.07) is 12.2. The van der Waals surface area contributed by atoms with Crippen LogP contribution >= 0.6 is 34.0 Å². The van der Waals surface area contributed by atoms with Gasteiger partial charge in [-0.2, -0.15) is 0 Å². The first-order chi connectivity index (χ1) is 14.2. The van der Waals surface area contributed by atoms with Crippen LogP contribution in [0.25, 0.3) is 26.9 Å². The topological polar surface area (TPSA) is 45.2 Å². The molecule has 0 aliphatic carbocycles. The number of nitrogens with one attached hydrogen (secondary N) is 1. The van der Waals surface area contributed by atoms with Crippen LogP contribution in [0.2, 0.25) is 0 Å². The first-order valence-electron chi connectivity index (χ1n) is 9.39. The van der Waals surface area contributed by atoms with Crippen LogP contribution in [0, 0.1) is 0 Å². The fraction of sp³-hybridized carbons (Fsp3) is 0.182. The third kappa shape index (κ3) is 3.79. The van der Waals surface area contributed by atoms with Gasteiger partial charge in [-0.25, -0.2) is 4.98 Å². The number of amides is 1. The summed E-state index contributed by atoms with van der Waals surface area (Å²) >= 11 is 5.00. The lowest BCUT2D eigenvalue weighted by Gasteiger charge is -2.22. The summed E-state index contributed by atoms with van der Waals surface area (Å²) in [6.45, 7) is 1.94.